The molecule has 28 heavy (non-hydrogen) atoms. The number of rotatable bonds is 6. The van der Waals surface area contributed by atoms with E-state index in [1.807, 2.05) is 0 Å². The van der Waals surface area contributed by atoms with Gasteiger partial charge in [0.25, 0.3) is 0 Å². The standard InChI is InChI=1S/C21H25FN2O3S/c22-18-8-5-7-17(15-18)11-12-21(25)23-19-9-6-10-20(16-19)28(26,27)24-13-3-1-2-4-14-24/h5-10,15-16H,1-4,11-14H2,(H,23,25). The van der Waals surface area contributed by atoms with Crippen LogP contribution < -0.4 is 5.32 Å². The summed E-state index contributed by atoms with van der Waals surface area (Å²) in [6.07, 6.45) is 4.44. The molecule has 1 saturated heterocycles. The third kappa shape index (κ3) is 5.39. The van der Waals surface area contributed by atoms with Crippen LogP contribution in [0.15, 0.2) is 53.4 Å². The summed E-state index contributed by atoms with van der Waals surface area (Å²) in [5.74, 6) is -0.571. The number of aryl methyl sites for hydroxylation is 1. The molecule has 0 saturated carbocycles. The van der Waals surface area contributed by atoms with E-state index in [1.165, 1.54) is 22.5 Å². The molecule has 5 nitrogen and oxygen atoms in total. The highest BCUT2D eigenvalue weighted by molar-refractivity contribution is 7.89. The fourth-order valence-corrected chi connectivity index (χ4v) is 4.90. The van der Waals surface area contributed by atoms with Crippen LogP contribution in [0.1, 0.15) is 37.7 Å². The van der Waals surface area contributed by atoms with Gasteiger partial charge in [0, 0.05) is 25.2 Å². The second-order valence-electron chi connectivity index (χ2n) is 7.02. The molecule has 3 rings (SSSR count). The average Bonchev–Trinajstić information content (AvgIpc) is 2.97. The number of carbonyl (C=O) groups excluding carboxylic acids is 1. The first kappa shape index (κ1) is 20.5. The van der Waals surface area contributed by atoms with Crippen molar-refractivity contribution in [1.29, 1.82) is 0 Å². The minimum atomic E-state index is -3.56. The highest BCUT2D eigenvalue weighted by atomic mass is 32.2. The number of hydrogen-bond donors (Lipinski definition) is 1. The Morgan fingerprint density at radius 1 is 1.00 bits per heavy atom. The van der Waals surface area contributed by atoms with Crippen LogP contribution >= 0.6 is 0 Å². The number of carbonyl (C=O) groups is 1. The van der Waals surface area contributed by atoms with E-state index in [1.54, 1.807) is 30.3 Å². The van der Waals surface area contributed by atoms with Crippen molar-refractivity contribution in [2.24, 2.45) is 0 Å². The Hall–Kier alpha value is -2.25. The van der Waals surface area contributed by atoms with Gasteiger partial charge in [-0.1, -0.05) is 31.0 Å². The highest BCUT2D eigenvalue weighted by Crippen LogP contribution is 2.23. The summed E-state index contributed by atoms with van der Waals surface area (Å²) in [5, 5.41) is 2.74. The SMILES string of the molecule is O=C(CCc1cccc(F)c1)Nc1cccc(S(=O)(=O)N2CCCCCC2)c1. The van der Waals surface area contributed by atoms with Crippen molar-refractivity contribution in [3.05, 3.63) is 59.9 Å². The first-order chi connectivity index (χ1) is 13.4. The lowest BCUT2D eigenvalue weighted by Crippen LogP contribution is -2.32. The van der Waals surface area contributed by atoms with Crippen LogP contribution in [0.3, 0.4) is 0 Å². The maximum Gasteiger partial charge on any atom is 0.243 e. The van der Waals surface area contributed by atoms with E-state index in [0.717, 1.165) is 31.2 Å². The topological polar surface area (TPSA) is 66.5 Å². The molecule has 1 aliphatic heterocycles. The van der Waals surface area contributed by atoms with E-state index in [0.29, 0.717) is 25.2 Å². The summed E-state index contributed by atoms with van der Waals surface area (Å²) >= 11 is 0. The van der Waals surface area contributed by atoms with Crippen LogP contribution in [-0.4, -0.2) is 31.7 Å². The molecular weight excluding hydrogens is 379 g/mol. The average molecular weight is 405 g/mol. The van der Waals surface area contributed by atoms with Crippen molar-refractivity contribution in [2.45, 2.75) is 43.4 Å². The Morgan fingerprint density at radius 3 is 2.43 bits per heavy atom. The lowest BCUT2D eigenvalue weighted by molar-refractivity contribution is -0.116. The van der Waals surface area contributed by atoms with Crippen molar-refractivity contribution >= 4 is 21.6 Å². The minimum Gasteiger partial charge on any atom is -0.326 e. The van der Waals surface area contributed by atoms with Crippen LogP contribution in [0.4, 0.5) is 10.1 Å². The third-order valence-corrected chi connectivity index (χ3v) is 6.75. The maximum atomic E-state index is 13.2. The summed E-state index contributed by atoms with van der Waals surface area (Å²) in [4.78, 5) is 12.4. The number of nitrogens with zero attached hydrogens (tertiary/aromatic N) is 1. The Balaban J connectivity index is 1.64. The lowest BCUT2D eigenvalue weighted by atomic mass is 10.1. The summed E-state index contributed by atoms with van der Waals surface area (Å²) in [6.45, 7) is 1.07. The van der Waals surface area contributed by atoms with E-state index < -0.39 is 10.0 Å². The minimum absolute atomic E-state index is 0.187. The summed E-state index contributed by atoms with van der Waals surface area (Å²) in [5.41, 5.74) is 1.19. The second kappa shape index (κ2) is 9.30. The van der Waals surface area contributed by atoms with E-state index in [2.05, 4.69) is 5.32 Å². The number of benzene rings is 2. The van der Waals surface area contributed by atoms with E-state index in [-0.39, 0.29) is 23.0 Å². The van der Waals surface area contributed by atoms with Gasteiger partial charge in [-0.2, -0.15) is 4.31 Å². The van der Waals surface area contributed by atoms with Crippen LogP contribution in [0.2, 0.25) is 0 Å². The zero-order valence-corrected chi connectivity index (χ0v) is 16.6. The molecule has 7 heteroatoms. The maximum absolute atomic E-state index is 13.2. The molecule has 0 bridgehead atoms. The van der Waals surface area contributed by atoms with Gasteiger partial charge in [-0.15, -0.1) is 0 Å². The van der Waals surface area contributed by atoms with Crippen molar-refractivity contribution < 1.29 is 17.6 Å². The Labute approximate surface area is 165 Å². The van der Waals surface area contributed by atoms with Gasteiger partial charge >= 0.3 is 0 Å². The quantitative estimate of drug-likeness (QED) is 0.792. The molecule has 1 aliphatic rings. The predicted octanol–water partition coefficient (Wildman–Crippen LogP) is 3.96. The van der Waals surface area contributed by atoms with E-state index in [4.69, 9.17) is 0 Å². The van der Waals surface area contributed by atoms with Gasteiger partial charge in [0.2, 0.25) is 15.9 Å². The summed E-state index contributed by atoms with van der Waals surface area (Å²) in [7, 11) is -3.56. The smallest absolute Gasteiger partial charge is 0.243 e. The molecule has 150 valence electrons. The number of amides is 1. The largest absolute Gasteiger partial charge is 0.326 e. The molecule has 0 aliphatic carbocycles. The lowest BCUT2D eigenvalue weighted by Gasteiger charge is -2.20. The number of sulfonamides is 1. The predicted molar refractivity (Wildman–Crippen MR) is 107 cm³/mol. The van der Waals surface area contributed by atoms with Gasteiger partial charge in [0.15, 0.2) is 0 Å². The van der Waals surface area contributed by atoms with Crippen LogP contribution in [-0.2, 0) is 21.2 Å². The number of hydrogen-bond acceptors (Lipinski definition) is 3. The summed E-state index contributed by atoms with van der Waals surface area (Å²) < 4.78 is 40.5. The molecule has 0 spiro atoms. The zero-order chi connectivity index (χ0) is 20.0. The molecule has 1 fully saturated rings. The fraction of sp³-hybridized carbons (Fsp3) is 0.381. The highest BCUT2D eigenvalue weighted by Gasteiger charge is 2.25. The molecule has 0 radical (unpaired) electrons. The number of halogens is 1. The van der Waals surface area contributed by atoms with Crippen molar-refractivity contribution in [2.75, 3.05) is 18.4 Å². The molecule has 2 aromatic rings. The number of nitrogens with one attached hydrogen (secondary N) is 1. The van der Waals surface area contributed by atoms with Crippen molar-refractivity contribution in [1.82, 2.24) is 4.31 Å². The molecule has 0 atom stereocenters. The second-order valence-corrected chi connectivity index (χ2v) is 8.96. The third-order valence-electron chi connectivity index (χ3n) is 4.85. The zero-order valence-electron chi connectivity index (χ0n) is 15.7. The molecule has 1 heterocycles. The van der Waals surface area contributed by atoms with Gasteiger partial charge in [0.1, 0.15) is 5.82 Å². The normalized spacial score (nSPS) is 15.8. The molecule has 2 aromatic carbocycles. The van der Waals surface area contributed by atoms with Gasteiger partial charge in [0.05, 0.1) is 4.90 Å². The van der Waals surface area contributed by atoms with Gasteiger partial charge in [-0.05, 0) is 55.2 Å². The fourth-order valence-electron chi connectivity index (χ4n) is 3.34. The number of anilines is 1. The molecule has 1 amide bonds. The van der Waals surface area contributed by atoms with Gasteiger partial charge in [-0.25, -0.2) is 12.8 Å². The first-order valence-electron chi connectivity index (χ1n) is 9.60. The molecule has 1 N–H and O–H groups in total. The molecule has 0 unspecified atom stereocenters. The summed E-state index contributed by atoms with van der Waals surface area (Å²) in [6, 6.07) is 12.5. The Morgan fingerprint density at radius 2 is 1.71 bits per heavy atom. The monoisotopic (exact) mass is 404 g/mol. The Bertz CT molecular complexity index is 923. The van der Waals surface area contributed by atoms with Gasteiger partial charge in [-0.3, -0.25) is 4.79 Å². The van der Waals surface area contributed by atoms with Crippen molar-refractivity contribution in [3.63, 3.8) is 0 Å². The van der Waals surface area contributed by atoms with Crippen molar-refractivity contribution in [3.8, 4) is 0 Å². The van der Waals surface area contributed by atoms with E-state index >= 15 is 0 Å². The van der Waals surface area contributed by atoms with Gasteiger partial charge < -0.3 is 5.32 Å². The first-order valence-corrected chi connectivity index (χ1v) is 11.0. The molecule has 0 aromatic heterocycles. The van der Waals surface area contributed by atoms with Crippen LogP contribution in [0.5, 0.6) is 0 Å². The molecular formula is C21H25FN2O3S. The van der Waals surface area contributed by atoms with Crippen LogP contribution in [0, 0.1) is 5.82 Å². The Kier molecular flexibility index (Phi) is 6.80. The van der Waals surface area contributed by atoms with E-state index in [9.17, 15) is 17.6 Å². The van der Waals surface area contributed by atoms with Crippen LogP contribution in [0.25, 0.3) is 0 Å².